The van der Waals surface area contributed by atoms with Crippen LogP contribution in [0.3, 0.4) is 0 Å². The molecule has 0 unspecified atom stereocenters. The maximum atomic E-state index is 5.52. The van der Waals surface area contributed by atoms with E-state index in [1.165, 1.54) is 4.68 Å². The van der Waals surface area contributed by atoms with Crippen molar-refractivity contribution in [2.45, 2.75) is 13.5 Å². The van der Waals surface area contributed by atoms with E-state index >= 15 is 0 Å². The zero-order chi connectivity index (χ0) is 8.27. The lowest BCUT2D eigenvalue weighted by Crippen LogP contribution is -3.00. The van der Waals surface area contributed by atoms with Gasteiger partial charge in [0.05, 0.1) is 0 Å². The number of aromatic amines is 1. The van der Waals surface area contributed by atoms with E-state index in [0.29, 0.717) is 19.0 Å². The highest BCUT2D eigenvalue weighted by atomic mass is 35.5. The predicted octanol–water partition coefficient (Wildman–Crippen LogP) is -3.86. The standard InChI is InChI=1S/C6H12N4O.ClH/c1-2-11-4-6-9-3-5(7)10(6)8;/h3H,2,4,7-8H2,1H3;1H. The fourth-order valence-electron chi connectivity index (χ4n) is 0.762. The van der Waals surface area contributed by atoms with E-state index < -0.39 is 0 Å². The summed E-state index contributed by atoms with van der Waals surface area (Å²) in [4.78, 5) is 2.90. The van der Waals surface area contributed by atoms with Gasteiger partial charge in [-0.1, -0.05) is 0 Å². The van der Waals surface area contributed by atoms with Gasteiger partial charge in [0.2, 0.25) is 5.82 Å². The van der Waals surface area contributed by atoms with Crippen LogP contribution >= 0.6 is 0 Å². The molecular formula is C6H13ClN4O. The lowest BCUT2D eigenvalue weighted by molar-refractivity contribution is -0.633. The molecule has 0 atom stereocenters. The molecule has 0 amide bonds. The number of ether oxygens (including phenoxy) is 1. The number of imidazole rings is 1. The van der Waals surface area contributed by atoms with Crippen LogP contribution in [0.25, 0.3) is 0 Å². The van der Waals surface area contributed by atoms with Gasteiger partial charge in [0, 0.05) is 6.61 Å². The van der Waals surface area contributed by atoms with Crippen molar-refractivity contribution in [3.8, 4) is 0 Å². The Morgan fingerprint density at radius 2 is 2.33 bits per heavy atom. The summed E-state index contributed by atoms with van der Waals surface area (Å²) < 4.78 is 6.50. The number of anilines is 1. The summed E-state index contributed by atoms with van der Waals surface area (Å²) in [5, 5.41) is 0. The number of hydrogen-bond donors (Lipinski definition) is 3. The van der Waals surface area contributed by atoms with Gasteiger partial charge in [0.15, 0.2) is 0 Å². The minimum absolute atomic E-state index is 0. The van der Waals surface area contributed by atoms with E-state index in [1.54, 1.807) is 6.20 Å². The molecule has 1 aromatic heterocycles. The molecule has 1 rings (SSSR count). The molecule has 5 nitrogen and oxygen atoms in total. The number of nitrogens with one attached hydrogen (secondary N) is 1. The molecule has 0 bridgehead atoms. The van der Waals surface area contributed by atoms with Crippen LogP contribution in [0.5, 0.6) is 0 Å². The minimum atomic E-state index is 0. The minimum Gasteiger partial charge on any atom is -1.00 e. The van der Waals surface area contributed by atoms with Crippen molar-refractivity contribution in [1.29, 1.82) is 0 Å². The van der Waals surface area contributed by atoms with Crippen LogP contribution < -0.4 is 28.7 Å². The largest absolute Gasteiger partial charge is 1.00 e. The molecule has 70 valence electrons. The van der Waals surface area contributed by atoms with Crippen LogP contribution in [0.1, 0.15) is 12.7 Å². The summed E-state index contributed by atoms with van der Waals surface area (Å²) in [6, 6.07) is 0. The van der Waals surface area contributed by atoms with Gasteiger partial charge in [0.25, 0.3) is 5.82 Å². The number of nitrogens with zero attached hydrogens (tertiary/aromatic N) is 1. The fourth-order valence-corrected chi connectivity index (χ4v) is 0.762. The lowest BCUT2D eigenvalue weighted by Gasteiger charge is -1.96. The zero-order valence-corrected chi connectivity index (χ0v) is 7.64. The first-order chi connectivity index (χ1) is 5.25. The molecule has 1 heterocycles. The van der Waals surface area contributed by atoms with Crippen molar-refractivity contribution in [1.82, 2.24) is 4.98 Å². The smallest absolute Gasteiger partial charge is 0.272 e. The SMILES string of the molecule is CCOCc1[nH]cc(N)[n+]1N.[Cl-]. The second-order valence-electron chi connectivity index (χ2n) is 2.17. The summed E-state index contributed by atoms with van der Waals surface area (Å²) in [6.07, 6.45) is 1.63. The molecule has 0 aromatic carbocycles. The number of nitrogen functional groups attached to an aromatic ring is 2. The molecule has 6 heteroatoms. The van der Waals surface area contributed by atoms with E-state index in [0.717, 1.165) is 5.82 Å². The van der Waals surface area contributed by atoms with E-state index in [-0.39, 0.29) is 12.4 Å². The van der Waals surface area contributed by atoms with E-state index in [9.17, 15) is 0 Å². The molecule has 0 radical (unpaired) electrons. The Labute approximate surface area is 77.1 Å². The van der Waals surface area contributed by atoms with Gasteiger partial charge in [-0.25, -0.2) is 0 Å². The van der Waals surface area contributed by atoms with Crippen molar-refractivity contribution >= 4 is 5.82 Å². The van der Waals surface area contributed by atoms with Crippen LogP contribution in [-0.2, 0) is 11.3 Å². The predicted molar refractivity (Wildman–Crippen MR) is 40.9 cm³/mol. The first-order valence-corrected chi connectivity index (χ1v) is 3.46. The van der Waals surface area contributed by atoms with Crippen molar-refractivity contribution in [3.63, 3.8) is 0 Å². The second-order valence-corrected chi connectivity index (χ2v) is 2.17. The van der Waals surface area contributed by atoms with Crippen molar-refractivity contribution < 1.29 is 21.8 Å². The number of H-pyrrole nitrogens is 1. The Balaban J connectivity index is 0.00000121. The van der Waals surface area contributed by atoms with Gasteiger partial charge in [-0.15, -0.1) is 4.68 Å². The van der Waals surface area contributed by atoms with E-state index in [2.05, 4.69) is 4.98 Å². The summed E-state index contributed by atoms with van der Waals surface area (Å²) in [5.74, 6) is 6.79. The second kappa shape index (κ2) is 4.84. The first kappa shape index (κ1) is 11.1. The van der Waals surface area contributed by atoms with Crippen molar-refractivity contribution in [2.24, 2.45) is 0 Å². The van der Waals surface area contributed by atoms with Crippen LogP contribution in [0.2, 0.25) is 0 Å². The highest BCUT2D eigenvalue weighted by Crippen LogP contribution is 1.94. The Kier molecular flexibility index (Phi) is 4.46. The molecule has 0 aliphatic heterocycles. The quantitative estimate of drug-likeness (QED) is 0.339. The molecule has 0 saturated carbocycles. The Morgan fingerprint density at radius 3 is 2.75 bits per heavy atom. The third-order valence-electron chi connectivity index (χ3n) is 1.40. The first-order valence-electron chi connectivity index (χ1n) is 3.46. The number of nitrogens with two attached hydrogens (primary N) is 2. The van der Waals surface area contributed by atoms with Crippen LogP contribution in [0, 0.1) is 0 Å². The Hall–Kier alpha value is -0.940. The number of hydrogen-bond acceptors (Lipinski definition) is 3. The monoisotopic (exact) mass is 192 g/mol. The Bertz CT molecular complexity index is 237. The molecule has 0 spiro atoms. The van der Waals surface area contributed by atoms with Crippen molar-refractivity contribution in [3.05, 3.63) is 12.0 Å². The molecule has 5 N–H and O–H groups in total. The summed E-state index contributed by atoms with van der Waals surface area (Å²) in [7, 11) is 0. The normalized spacial score (nSPS) is 9.42. The molecule has 0 fully saturated rings. The summed E-state index contributed by atoms with van der Waals surface area (Å²) in [5.41, 5.74) is 5.46. The highest BCUT2D eigenvalue weighted by molar-refractivity contribution is 5.15. The molecule has 0 aliphatic rings. The maximum Gasteiger partial charge on any atom is 0.272 e. The maximum absolute atomic E-state index is 5.52. The third-order valence-corrected chi connectivity index (χ3v) is 1.40. The Morgan fingerprint density at radius 1 is 1.67 bits per heavy atom. The summed E-state index contributed by atoms with van der Waals surface area (Å²) >= 11 is 0. The molecule has 0 aliphatic carbocycles. The van der Waals surface area contributed by atoms with Gasteiger partial charge in [-0.2, -0.15) is 0 Å². The van der Waals surface area contributed by atoms with Crippen LogP contribution in [-0.4, -0.2) is 11.6 Å². The average Bonchev–Trinajstić information content (AvgIpc) is 2.31. The van der Waals surface area contributed by atoms with Crippen molar-refractivity contribution in [2.75, 3.05) is 18.2 Å². The number of rotatable bonds is 3. The number of aromatic nitrogens is 2. The van der Waals surface area contributed by atoms with Gasteiger partial charge in [-0.3, -0.25) is 10.8 Å². The van der Waals surface area contributed by atoms with Gasteiger partial charge in [-0.05, 0) is 6.92 Å². The molecule has 12 heavy (non-hydrogen) atoms. The van der Waals surface area contributed by atoms with Crippen LogP contribution in [0.15, 0.2) is 6.20 Å². The zero-order valence-electron chi connectivity index (χ0n) is 6.88. The lowest BCUT2D eigenvalue weighted by atomic mass is 10.6. The van der Waals surface area contributed by atoms with Gasteiger partial charge < -0.3 is 22.9 Å². The summed E-state index contributed by atoms with van der Waals surface area (Å²) in [6.45, 7) is 3.05. The molecule has 0 saturated heterocycles. The fraction of sp³-hybridized carbons (Fsp3) is 0.500. The topological polar surface area (TPSA) is 80.9 Å². The average molecular weight is 193 g/mol. The third kappa shape index (κ3) is 2.28. The van der Waals surface area contributed by atoms with Gasteiger partial charge >= 0.3 is 0 Å². The highest BCUT2D eigenvalue weighted by Gasteiger charge is 2.09. The van der Waals surface area contributed by atoms with Crippen LogP contribution in [0.4, 0.5) is 5.82 Å². The number of halogens is 1. The van der Waals surface area contributed by atoms with E-state index in [4.69, 9.17) is 16.3 Å². The molecular weight excluding hydrogens is 180 g/mol. The van der Waals surface area contributed by atoms with E-state index in [1.807, 2.05) is 6.92 Å². The molecule has 1 aromatic rings. The van der Waals surface area contributed by atoms with Gasteiger partial charge in [0.1, 0.15) is 12.8 Å².